The van der Waals surface area contributed by atoms with Crippen LogP contribution in [-0.2, 0) is 16.1 Å². The topological polar surface area (TPSA) is 88.1 Å². The van der Waals surface area contributed by atoms with Gasteiger partial charge in [-0.05, 0) is 75.1 Å². The summed E-state index contributed by atoms with van der Waals surface area (Å²) in [5.74, 6) is -0.918. The van der Waals surface area contributed by atoms with Gasteiger partial charge < -0.3 is 24.8 Å². The van der Waals surface area contributed by atoms with Crippen LogP contribution in [0.2, 0.25) is 0 Å². The number of carboxylic acids is 1. The van der Waals surface area contributed by atoms with Gasteiger partial charge in [0.2, 0.25) is 0 Å². The number of carboxylic acid groups (broad SMARTS) is 1. The van der Waals surface area contributed by atoms with Crippen molar-refractivity contribution in [2.24, 2.45) is 0 Å². The fraction of sp³-hybridized carbons (Fsp3) is 0.500. The molecule has 0 aliphatic heterocycles. The Balaban J connectivity index is 1.25. The fourth-order valence-electron chi connectivity index (χ4n) is 4.82. The molecule has 0 bridgehead atoms. The van der Waals surface area contributed by atoms with E-state index in [1.165, 1.54) is 0 Å². The number of rotatable bonds is 10. The Morgan fingerprint density at radius 3 is 2.40 bits per heavy atom. The van der Waals surface area contributed by atoms with E-state index in [4.69, 9.17) is 9.47 Å². The van der Waals surface area contributed by atoms with Gasteiger partial charge in [0.25, 0.3) is 0 Å². The number of carbonyl (C=O) groups excluding carboxylic acids is 1. The van der Waals surface area contributed by atoms with Crippen molar-refractivity contribution in [2.45, 2.75) is 77.2 Å². The molecule has 2 atom stereocenters. The second-order valence-electron chi connectivity index (χ2n) is 9.68. The number of urea groups is 1. The molecule has 0 aromatic heterocycles. The molecule has 35 heavy (non-hydrogen) atoms. The number of amides is 2. The number of nitrogens with zero attached hydrogens (tertiary/aromatic N) is 1. The molecule has 7 heteroatoms. The molecule has 2 amide bonds. The van der Waals surface area contributed by atoms with Crippen LogP contribution in [0.1, 0.15) is 65.6 Å². The van der Waals surface area contributed by atoms with Crippen LogP contribution in [0, 0.1) is 13.8 Å². The van der Waals surface area contributed by atoms with E-state index in [1.807, 2.05) is 61.2 Å². The van der Waals surface area contributed by atoms with Crippen LogP contribution in [0.5, 0.6) is 0 Å². The Bertz CT molecular complexity index is 1040. The van der Waals surface area contributed by atoms with Crippen molar-refractivity contribution in [1.82, 2.24) is 4.90 Å². The molecule has 0 spiro atoms. The molecule has 2 saturated carbocycles. The molecule has 1 unspecified atom stereocenters. The third-order valence-corrected chi connectivity index (χ3v) is 6.95. The molecule has 2 aromatic rings. The number of carbonyl (C=O) groups is 2. The molecule has 2 fully saturated rings. The Kier molecular flexibility index (Phi) is 8.42. The second kappa shape index (κ2) is 11.7. The minimum absolute atomic E-state index is 0.0415. The number of aryl methyl sites for hydroxylation is 2. The van der Waals surface area contributed by atoms with E-state index in [9.17, 15) is 14.7 Å². The molecule has 0 heterocycles. The van der Waals surface area contributed by atoms with E-state index < -0.39 is 5.97 Å². The summed E-state index contributed by atoms with van der Waals surface area (Å²) in [5.41, 5.74) is 3.67. The molecule has 2 aliphatic rings. The van der Waals surface area contributed by atoms with E-state index in [0.717, 1.165) is 55.3 Å². The number of anilines is 1. The minimum atomic E-state index is -0.918. The largest absolute Gasteiger partial charge is 0.478 e. The van der Waals surface area contributed by atoms with E-state index in [2.05, 4.69) is 5.32 Å². The van der Waals surface area contributed by atoms with Crippen molar-refractivity contribution in [3.05, 3.63) is 64.7 Å². The van der Waals surface area contributed by atoms with Gasteiger partial charge in [-0.3, -0.25) is 0 Å². The summed E-state index contributed by atoms with van der Waals surface area (Å²) in [6.45, 7) is 5.15. The van der Waals surface area contributed by atoms with Gasteiger partial charge in [0.1, 0.15) is 0 Å². The zero-order valence-electron chi connectivity index (χ0n) is 20.7. The second-order valence-corrected chi connectivity index (χ2v) is 9.68. The summed E-state index contributed by atoms with van der Waals surface area (Å²) >= 11 is 0. The summed E-state index contributed by atoms with van der Waals surface area (Å²) < 4.78 is 12.3. The van der Waals surface area contributed by atoms with Gasteiger partial charge in [0, 0.05) is 18.3 Å². The van der Waals surface area contributed by atoms with Gasteiger partial charge >= 0.3 is 12.0 Å². The SMILES string of the molecule is Cc1ccccc1NC(=O)N(CCO[C@H]1CCCC(OCc2cccc(C)c2C(=O)O)C1)C1CC1. The van der Waals surface area contributed by atoms with Crippen LogP contribution < -0.4 is 5.32 Å². The first-order valence-electron chi connectivity index (χ1n) is 12.6. The molecule has 2 aliphatic carbocycles. The lowest BCUT2D eigenvalue weighted by Crippen LogP contribution is -2.40. The summed E-state index contributed by atoms with van der Waals surface area (Å²) in [5, 5.41) is 12.6. The number of aromatic carboxylic acids is 1. The molecule has 4 rings (SSSR count). The van der Waals surface area contributed by atoms with E-state index in [-0.39, 0.29) is 24.8 Å². The van der Waals surface area contributed by atoms with E-state index in [1.54, 1.807) is 0 Å². The highest BCUT2D eigenvalue weighted by molar-refractivity contribution is 5.91. The molecular weight excluding hydrogens is 444 g/mol. The van der Waals surface area contributed by atoms with Crippen LogP contribution in [0.3, 0.4) is 0 Å². The van der Waals surface area contributed by atoms with Crippen molar-refractivity contribution in [1.29, 1.82) is 0 Å². The summed E-state index contributed by atoms with van der Waals surface area (Å²) in [6.07, 6.45) is 5.92. The van der Waals surface area contributed by atoms with E-state index in [0.29, 0.717) is 30.3 Å². The van der Waals surface area contributed by atoms with Crippen molar-refractivity contribution < 1.29 is 24.2 Å². The average molecular weight is 481 g/mol. The smallest absolute Gasteiger partial charge is 0.336 e. The highest BCUT2D eigenvalue weighted by Gasteiger charge is 2.33. The van der Waals surface area contributed by atoms with Gasteiger partial charge in [-0.1, -0.05) is 36.4 Å². The van der Waals surface area contributed by atoms with Crippen molar-refractivity contribution in [3.63, 3.8) is 0 Å². The lowest BCUT2D eigenvalue weighted by Gasteiger charge is -2.30. The molecule has 2 aromatic carbocycles. The average Bonchev–Trinajstić information content (AvgIpc) is 3.67. The third kappa shape index (κ3) is 6.83. The molecular formula is C28H36N2O5. The van der Waals surface area contributed by atoms with E-state index >= 15 is 0 Å². The predicted octanol–water partition coefficient (Wildman–Crippen LogP) is 5.54. The molecule has 7 nitrogen and oxygen atoms in total. The number of nitrogens with one attached hydrogen (secondary N) is 1. The Morgan fingerprint density at radius 2 is 1.69 bits per heavy atom. The van der Waals surface area contributed by atoms with Crippen LogP contribution in [0.15, 0.2) is 42.5 Å². The lowest BCUT2D eigenvalue weighted by atomic mass is 9.94. The van der Waals surface area contributed by atoms with Gasteiger partial charge in [-0.15, -0.1) is 0 Å². The molecule has 0 radical (unpaired) electrons. The van der Waals surface area contributed by atoms with Crippen LogP contribution in [0.4, 0.5) is 10.5 Å². The van der Waals surface area contributed by atoms with Gasteiger partial charge in [-0.25, -0.2) is 9.59 Å². The number of para-hydroxylation sites is 1. The summed E-state index contributed by atoms with van der Waals surface area (Å²) in [4.78, 5) is 26.4. The molecule has 188 valence electrons. The maximum Gasteiger partial charge on any atom is 0.336 e. The maximum atomic E-state index is 12.9. The highest BCUT2D eigenvalue weighted by Crippen LogP contribution is 2.29. The number of benzene rings is 2. The van der Waals surface area contributed by atoms with Gasteiger partial charge in [0.15, 0.2) is 0 Å². The fourth-order valence-corrected chi connectivity index (χ4v) is 4.82. The standard InChI is InChI=1S/C28H36N2O5/c1-19-7-3-4-12-25(19)29-28(33)30(22-13-14-22)15-16-34-23-10-6-11-24(17-23)35-18-21-9-5-8-20(2)26(21)27(31)32/h3-5,7-9,12,22-24H,6,10-11,13-18H2,1-2H3,(H,29,33)(H,31,32)/t23-,24?/m0/s1. The number of ether oxygens (including phenoxy) is 2. The van der Waals surface area contributed by atoms with Crippen molar-refractivity contribution >= 4 is 17.7 Å². The molecule has 0 saturated heterocycles. The van der Waals surface area contributed by atoms with Gasteiger partial charge in [-0.2, -0.15) is 0 Å². The first-order valence-corrected chi connectivity index (χ1v) is 12.6. The first-order chi connectivity index (χ1) is 16.9. The third-order valence-electron chi connectivity index (χ3n) is 6.95. The Labute approximate surface area is 207 Å². The van der Waals surface area contributed by atoms with Crippen molar-refractivity contribution in [2.75, 3.05) is 18.5 Å². The number of hydrogen-bond donors (Lipinski definition) is 2. The zero-order valence-corrected chi connectivity index (χ0v) is 20.7. The van der Waals surface area contributed by atoms with Gasteiger partial charge in [0.05, 0.1) is 31.0 Å². The predicted molar refractivity (Wildman–Crippen MR) is 135 cm³/mol. The molecule has 2 N–H and O–H groups in total. The Hall–Kier alpha value is -2.90. The van der Waals surface area contributed by atoms with Crippen LogP contribution >= 0.6 is 0 Å². The first kappa shape index (κ1) is 25.2. The zero-order chi connectivity index (χ0) is 24.8. The summed E-state index contributed by atoms with van der Waals surface area (Å²) in [6, 6.07) is 13.5. The maximum absolute atomic E-state index is 12.9. The Morgan fingerprint density at radius 1 is 0.971 bits per heavy atom. The monoisotopic (exact) mass is 480 g/mol. The quantitative estimate of drug-likeness (QED) is 0.466. The number of hydrogen-bond acceptors (Lipinski definition) is 4. The minimum Gasteiger partial charge on any atom is -0.478 e. The normalized spacial score (nSPS) is 19.8. The lowest BCUT2D eigenvalue weighted by molar-refractivity contribution is -0.0524. The van der Waals surface area contributed by atoms with Crippen LogP contribution in [-0.4, -0.2) is 53.4 Å². The van der Waals surface area contributed by atoms with Crippen LogP contribution in [0.25, 0.3) is 0 Å². The summed E-state index contributed by atoms with van der Waals surface area (Å²) in [7, 11) is 0. The van der Waals surface area contributed by atoms with Crippen molar-refractivity contribution in [3.8, 4) is 0 Å². The highest BCUT2D eigenvalue weighted by atomic mass is 16.5.